The first-order valence-electron chi connectivity index (χ1n) is 4.10. The number of halogens is 1. The smallest absolute Gasteiger partial charge is 0.346 e. The molecule has 1 aliphatic heterocycles. The molecule has 0 radical (unpaired) electrons. The second-order valence-corrected chi connectivity index (χ2v) is 3.88. The fraction of sp³-hybridized carbons (Fsp3) is 0.222. The van der Waals surface area contributed by atoms with E-state index in [0.717, 1.165) is 10.2 Å². The minimum absolute atomic E-state index is 0.296. The van der Waals surface area contributed by atoms with Crippen molar-refractivity contribution in [2.24, 2.45) is 0 Å². The highest BCUT2D eigenvalue weighted by Gasteiger charge is 2.25. The van der Waals surface area contributed by atoms with E-state index < -0.39 is 12.1 Å². The molecule has 74 valence electrons. The summed E-state index contributed by atoms with van der Waals surface area (Å²) in [6, 6.07) is 5.46. The molecule has 0 saturated heterocycles. The van der Waals surface area contributed by atoms with Crippen LogP contribution in [0.1, 0.15) is 0 Å². The summed E-state index contributed by atoms with van der Waals surface area (Å²) in [5.41, 5.74) is 0.825. The summed E-state index contributed by atoms with van der Waals surface area (Å²) in [7, 11) is 0. The third kappa shape index (κ3) is 1.68. The van der Waals surface area contributed by atoms with Gasteiger partial charge >= 0.3 is 5.97 Å². The summed E-state index contributed by atoms with van der Waals surface area (Å²) < 4.78 is 6.15. The molecule has 0 spiro atoms. The number of benzene rings is 1. The van der Waals surface area contributed by atoms with Crippen LogP contribution in [0.3, 0.4) is 0 Å². The summed E-state index contributed by atoms with van der Waals surface area (Å²) in [6.07, 6.45) is -0.809. The minimum Gasteiger partial charge on any atom is -0.478 e. The van der Waals surface area contributed by atoms with E-state index >= 15 is 0 Å². The highest BCUT2D eigenvalue weighted by molar-refractivity contribution is 9.10. The lowest BCUT2D eigenvalue weighted by Gasteiger charge is -2.24. The van der Waals surface area contributed by atoms with E-state index in [-0.39, 0.29) is 0 Å². The molecule has 0 bridgehead atoms. The van der Waals surface area contributed by atoms with Crippen molar-refractivity contribution in [1.29, 1.82) is 0 Å². The van der Waals surface area contributed by atoms with Gasteiger partial charge in [-0.1, -0.05) is 15.9 Å². The number of carbonyl (C=O) groups is 1. The van der Waals surface area contributed by atoms with E-state index in [1.165, 1.54) is 0 Å². The van der Waals surface area contributed by atoms with Crippen LogP contribution in [0.25, 0.3) is 0 Å². The van der Waals surface area contributed by atoms with Crippen LogP contribution >= 0.6 is 15.9 Å². The summed E-state index contributed by atoms with van der Waals surface area (Å²) >= 11 is 3.29. The standard InChI is InChI=1S/C9H8BrNO3/c10-5-1-2-6-7(3-5)14-8(4-11-6)9(12)13/h1-3,8,11H,4H2,(H,12,13). The minimum atomic E-state index is -0.955. The van der Waals surface area contributed by atoms with Crippen molar-refractivity contribution >= 4 is 27.6 Å². The Morgan fingerprint density at radius 3 is 3.14 bits per heavy atom. The zero-order valence-corrected chi connectivity index (χ0v) is 8.74. The Morgan fingerprint density at radius 1 is 1.64 bits per heavy atom. The summed E-state index contributed by atoms with van der Waals surface area (Å²) in [6.45, 7) is 0.296. The number of nitrogens with one attached hydrogen (secondary N) is 1. The van der Waals surface area contributed by atoms with Crippen LogP contribution in [0.2, 0.25) is 0 Å². The Bertz CT molecular complexity index is 380. The molecule has 1 atom stereocenters. The van der Waals surface area contributed by atoms with Crippen LogP contribution in [0.5, 0.6) is 5.75 Å². The Kier molecular flexibility index (Phi) is 2.33. The van der Waals surface area contributed by atoms with E-state index in [0.29, 0.717) is 12.3 Å². The molecule has 0 aliphatic carbocycles. The first-order chi connectivity index (χ1) is 6.66. The van der Waals surface area contributed by atoms with Gasteiger partial charge in [-0.15, -0.1) is 0 Å². The highest BCUT2D eigenvalue weighted by Crippen LogP contribution is 2.31. The monoisotopic (exact) mass is 257 g/mol. The van der Waals surface area contributed by atoms with Crippen molar-refractivity contribution < 1.29 is 14.6 Å². The molecule has 2 N–H and O–H groups in total. The predicted molar refractivity (Wildman–Crippen MR) is 54.7 cm³/mol. The Labute approximate surface area is 89.0 Å². The third-order valence-corrected chi connectivity index (χ3v) is 2.46. The van der Waals surface area contributed by atoms with Crippen LogP contribution in [0.4, 0.5) is 5.69 Å². The van der Waals surface area contributed by atoms with E-state index in [4.69, 9.17) is 9.84 Å². The molecule has 2 rings (SSSR count). The van der Waals surface area contributed by atoms with Crippen LogP contribution in [-0.4, -0.2) is 23.7 Å². The first kappa shape index (κ1) is 9.33. The maximum atomic E-state index is 10.7. The fourth-order valence-corrected chi connectivity index (χ4v) is 1.62. The highest BCUT2D eigenvalue weighted by atomic mass is 79.9. The normalized spacial score (nSPS) is 19.1. The fourth-order valence-electron chi connectivity index (χ4n) is 1.28. The van der Waals surface area contributed by atoms with Gasteiger partial charge in [0.15, 0.2) is 0 Å². The largest absolute Gasteiger partial charge is 0.478 e. The van der Waals surface area contributed by atoms with Gasteiger partial charge in [0, 0.05) is 4.47 Å². The average molecular weight is 258 g/mol. The van der Waals surface area contributed by atoms with Crippen molar-refractivity contribution in [2.45, 2.75) is 6.10 Å². The lowest BCUT2D eigenvalue weighted by Crippen LogP contribution is -2.37. The zero-order valence-electron chi connectivity index (χ0n) is 7.16. The molecular formula is C9H8BrNO3. The lowest BCUT2D eigenvalue weighted by molar-refractivity contribution is -0.144. The number of ether oxygens (including phenoxy) is 1. The van der Waals surface area contributed by atoms with Gasteiger partial charge < -0.3 is 15.2 Å². The van der Waals surface area contributed by atoms with Crippen LogP contribution in [0.15, 0.2) is 22.7 Å². The molecule has 1 aromatic carbocycles. The number of carboxylic acid groups (broad SMARTS) is 1. The molecule has 1 aliphatic rings. The first-order valence-corrected chi connectivity index (χ1v) is 4.89. The van der Waals surface area contributed by atoms with E-state index in [2.05, 4.69) is 21.2 Å². The van der Waals surface area contributed by atoms with Gasteiger partial charge in [-0.05, 0) is 18.2 Å². The number of hydrogen-bond acceptors (Lipinski definition) is 3. The van der Waals surface area contributed by atoms with Gasteiger partial charge in [0.1, 0.15) is 5.75 Å². The summed E-state index contributed by atoms with van der Waals surface area (Å²) in [5, 5.41) is 11.8. The molecule has 0 fully saturated rings. The second kappa shape index (κ2) is 3.49. The number of carboxylic acids is 1. The van der Waals surface area contributed by atoms with E-state index in [1.54, 1.807) is 6.07 Å². The van der Waals surface area contributed by atoms with Crippen LogP contribution in [0, 0.1) is 0 Å². The van der Waals surface area contributed by atoms with Gasteiger partial charge in [-0.3, -0.25) is 0 Å². The molecule has 0 aromatic heterocycles. The van der Waals surface area contributed by atoms with Gasteiger partial charge in [-0.2, -0.15) is 0 Å². The maximum Gasteiger partial charge on any atom is 0.346 e. The Morgan fingerprint density at radius 2 is 2.43 bits per heavy atom. The second-order valence-electron chi connectivity index (χ2n) is 2.97. The van der Waals surface area contributed by atoms with Crippen LogP contribution in [-0.2, 0) is 4.79 Å². The van der Waals surface area contributed by atoms with Crippen molar-refractivity contribution in [2.75, 3.05) is 11.9 Å². The summed E-state index contributed by atoms with van der Waals surface area (Å²) in [5.74, 6) is -0.388. The van der Waals surface area contributed by atoms with Gasteiger partial charge in [0.25, 0.3) is 0 Å². The number of anilines is 1. The molecule has 5 heteroatoms. The molecule has 0 amide bonds. The third-order valence-electron chi connectivity index (χ3n) is 1.97. The Balaban J connectivity index is 2.29. The number of fused-ring (bicyclic) bond motifs is 1. The van der Waals surface area contributed by atoms with E-state index in [1.807, 2.05) is 12.1 Å². The quantitative estimate of drug-likeness (QED) is 0.805. The molecule has 4 nitrogen and oxygen atoms in total. The van der Waals surface area contributed by atoms with Gasteiger partial charge in [-0.25, -0.2) is 4.79 Å². The molecule has 14 heavy (non-hydrogen) atoms. The SMILES string of the molecule is O=C(O)C1CNc2ccc(Br)cc2O1. The molecular weight excluding hydrogens is 250 g/mol. The van der Waals surface area contributed by atoms with Crippen molar-refractivity contribution in [3.8, 4) is 5.75 Å². The van der Waals surface area contributed by atoms with Crippen molar-refractivity contribution in [3.05, 3.63) is 22.7 Å². The maximum absolute atomic E-state index is 10.7. The van der Waals surface area contributed by atoms with Crippen LogP contribution < -0.4 is 10.1 Å². The van der Waals surface area contributed by atoms with Gasteiger partial charge in [0.2, 0.25) is 6.10 Å². The molecule has 1 heterocycles. The number of aliphatic carboxylic acids is 1. The summed E-state index contributed by atoms with van der Waals surface area (Å²) in [4.78, 5) is 10.7. The van der Waals surface area contributed by atoms with Gasteiger partial charge in [0.05, 0.1) is 12.2 Å². The zero-order chi connectivity index (χ0) is 10.1. The molecule has 1 unspecified atom stereocenters. The lowest BCUT2D eigenvalue weighted by atomic mass is 10.2. The molecule has 0 saturated carbocycles. The van der Waals surface area contributed by atoms with E-state index in [9.17, 15) is 4.79 Å². The topological polar surface area (TPSA) is 58.6 Å². The number of hydrogen-bond donors (Lipinski definition) is 2. The van der Waals surface area contributed by atoms with Crippen molar-refractivity contribution in [1.82, 2.24) is 0 Å². The Hall–Kier alpha value is -1.23. The number of rotatable bonds is 1. The molecule has 1 aromatic rings. The van der Waals surface area contributed by atoms with Crippen molar-refractivity contribution in [3.63, 3.8) is 0 Å². The predicted octanol–water partition coefficient (Wildman–Crippen LogP) is 1.71. The average Bonchev–Trinajstić information content (AvgIpc) is 2.16.